The highest BCUT2D eigenvalue weighted by Gasteiger charge is 2.27. The van der Waals surface area contributed by atoms with E-state index in [1.807, 2.05) is 0 Å². The molecule has 0 saturated heterocycles. The number of imide groups is 1. The van der Waals surface area contributed by atoms with Crippen LogP contribution in [0.4, 0.5) is 4.39 Å². The number of hydrogen-bond acceptors (Lipinski definition) is 6. The third-order valence-corrected chi connectivity index (χ3v) is 8.42. The molecule has 1 rings (SSSR count). The molecule has 1 aliphatic rings. The van der Waals surface area contributed by atoms with Crippen LogP contribution in [0.5, 0.6) is 0 Å². The zero-order valence-electron chi connectivity index (χ0n) is 25.4. The first-order chi connectivity index (χ1) is 20.5. The number of carbonyl (C=O) groups is 5. The lowest BCUT2D eigenvalue weighted by Crippen LogP contribution is -2.44. The van der Waals surface area contributed by atoms with Crippen LogP contribution in [-0.4, -0.2) is 69.6 Å². The van der Waals surface area contributed by atoms with Gasteiger partial charge in [0, 0.05) is 38.1 Å². The molecule has 1 heterocycles. The van der Waals surface area contributed by atoms with E-state index in [2.05, 4.69) is 10.6 Å². The molecule has 0 fully saturated rings. The highest BCUT2D eigenvalue weighted by molar-refractivity contribution is 7.52. The van der Waals surface area contributed by atoms with E-state index in [1.54, 1.807) is 0 Å². The number of hydrogen-bond donors (Lipinski definition) is 4. The quantitative estimate of drug-likeness (QED) is 0.0441. The van der Waals surface area contributed by atoms with Gasteiger partial charge in [-0.25, -0.2) is 4.39 Å². The number of alkyl halides is 1. The molecule has 0 aromatic rings. The van der Waals surface area contributed by atoms with Crippen molar-refractivity contribution >= 4 is 37.5 Å². The first-order valence-electron chi connectivity index (χ1n) is 15.8. The zero-order chi connectivity index (χ0) is 31.9. The maximum atomic E-state index is 13.2. The minimum absolute atomic E-state index is 0.0372. The van der Waals surface area contributed by atoms with Gasteiger partial charge in [0.15, 0.2) is 0 Å². The SMILES string of the molecule is O=CC(CNC(=O)CCCCCN1C(=O)C=CC1=O)NC(=O)CCCCCCCCCCCCCCCC(F)P(=O)(O)O. The van der Waals surface area contributed by atoms with Crippen LogP contribution in [0, 0.1) is 0 Å². The molecule has 0 aromatic carbocycles. The highest BCUT2D eigenvalue weighted by Crippen LogP contribution is 2.44. The van der Waals surface area contributed by atoms with Gasteiger partial charge in [0.1, 0.15) is 12.3 Å². The number of unbranched alkanes of at least 4 members (excludes halogenated alkanes) is 14. The summed E-state index contributed by atoms with van der Waals surface area (Å²) in [7, 11) is -4.59. The minimum Gasteiger partial charge on any atom is -0.354 e. The molecule has 0 aliphatic carbocycles. The summed E-state index contributed by atoms with van der Waals surface area (Å²) in [6.07, 6.45) is 18.4. The number of nitrogens with one attached hydrogen (secondary N) is 2. The lowest BCUT2D eigenvalue weighted by atomic mass is 10.0. The van der Waals surface area contributed by atoms with Gasteiger partial charge in [0.2, 0.25) is 17.7 Å². The van der Waals surface area contributed by atoms with E-state index >= 15 is 0 Å². The number of amides is 4. The molecular formula is C30H51FN3O8P. The molecule has 4 amide bonds. The standard InChI is InChI=1S/C30H51FN3O8P/c31-26(43(40,41)42)17-13-10-8-6-4-2-1-3-5-7-9-11-14-19-28(37)33-25(24-35)23-32-27(36)18-15-12-16-22-34-29(38)20-21-30(34)39/h20-21,24-26H,1-19,22-23H2,(H,32,36)(H,33,37)(H2,40,41,42). The molecule has 43 heavy (non-hydrogen) atoms. The summed E-state index contributed by atoms with van der Waals surface area (Å²) in [5, 5.41) is 5.31. The molecule has 2 unspecified atom stereocenters. The summed E-state index contributed by atoms with van der Waals surface area (Å²) in [5.41, 5.74) is 0. The number of aldehydes is 1. The van der Waals surface area contributed by atoms with Crippen LogP contribution in [0.1, 0.15) is 122 Å². The van der Waals surface area contributed by atoms with Gasteiger partial charge in [-0.3, -0.25) is 28.6 Å². The fourth-order valence-corrected chi connectivity index (χ4v) is 5.34. The van der Waals surface area contributed by atoms with E-state index in [4.69, 9.17) is 9.79 Å². The van der Waals surface area contributed by atoms with Crippen molar-refractivity contribution < 1.29 is 42.7 Å². The zero-order valence-corrected chi connectivity index (χ0v) is 26.2. The summed E-state index contributed by atoms with van der Waals surface area (Å²) >= 11 is 0. The molecule has 2 atom stereocenters. The molecule has 1 aliphatic heterocycles. The van der Waals surface area contributed by atoms with Crippen molar-refractivity contribution in [3.8, 4) is 0 Å². The van der Waals surface area contributed by atoms with Gasteiger partial charge in [0.05, 0.1) is 0 Å². The second-order valence-electron chi connectivity index (χ2n) is 11.2. The fourth-order valence-electron chi connectivity index (χ4n) is 4.82. The monoisotopic (exact) mass is 631 g/mol. The van der Waals surface area contributed by atoms with E-state index in [0.717, 1.165) is 77.0 Å². The summed E-state index contributed by atoms with van der Waals surface area (Å²) < 4.78 is 23.9. The first kappa shape index (κ1) is 38.6. The molecule has 0 saturated carbocycles. The van der Waals surface area contributed by atoms with Gasteiger partial charge in [0.25, 0.3) is 11.8 Å². The van der Waals surface area contributed by atoms with Crippen LogP contribution in [0.15, 0.2) is 12.2 Å². The van der Waals surface area contributed by atoms with Gasteiger partial charge >= 0.3 is 7.60 Å². The Morgan fingerprint density at radius 3 is 1.70 bits per heavy atom. The van der Waals surface area contributed by atoms with Crippen LogP contribution in [0.2, 0.25) is 0 Å². The van der Waals surface area contributed by atoms with Gasteiger partial charge in [-0.05, 0) is 32.1 Å². The van der Waals surface area contributed by atoms with E-state index < -0.39 is 19.6 Å². The summed E-state index contributed by atoms with van der Waals surface area (Å²) in [6.45, 7) is 0.365. The number of carbonyl (C=O) groups excluding carboxylic acids is 5. The molecule has 0 bridgehead atoms. The Hall–Kier alpha value is -2.43. The van der Waals surface area contributed by atoms with Crippen molar-refractivity contribution in [2.75, 3.05) is 13.1 Å². The average Bonchev–Trinajstić information content (AvgIpc) is 3.28. The molecular weight excluding hydrogens is 580 g/mol. The second kappa shape index (κ2) is 23.0. The van der Waals surface area contributed by atoms with Gasteiger partial charge in [-0.15, -0.1) is 0 Å². The fraction of sp³-hybridized carbons (Fsp3) is 0.767. The third kappa shape index (κ3) is 19.5. The Balaban J connectivity index is 1.92. The smallest absolute Gasteiger partial charge is 0.354 e. The average molecular weight is 632 g/mol. The molecule has 13 heteroatoms. The summed E-state index contributed by atoms with van der Waals surface area (Å²) in [5.74, 6) is -3.09. The Labute approximate surface area is 255 Å². The van der Waals surface area contributed by atoms with Crippen LogP contribution in [-0.2, 0) is 28.5 Å². The normalized spacial score (nSPS) is 14.6. The molecule has 246 valence electrons. The van der Waals surface area contributed by atoms with Crippen LogP contribution < -0.4 is 10.6 Å². The predicted molar refractivity (Wildman–Crippen MR) is 162 cm³/mol. The summed E-state index contributed by atoms with van der Waals surface area (Å²) in [4.78, 5) is 77.1. The van der Waals surface area contributed by atoms with Gasteiger partial charge < -0.3 is 25.2 Å². The van der Waals surface area contributed by atoms with Gasteiger partial charge in [-0.1, -0.05) is 77.0 Å². The minimum atomic E-state index is -4.59. The number of rotatable bonds is 27. The highest BCUT2D eigenvalue weighted by atomic mass is 31.2. The van der Waals surface area contributed by atoms with Crippen molar-refractivity contribution in [1.29, 1.82) is 0 Å². The number of halogens is 1. The predicted octanol–water partition coefficient (Wildman–Crippen LogP) is 4.60. The molecule has 4 N–H and O–H groups in total. The topological polar surface area (TPSA) is 170 Å². The molecule has 0 spiro atoms. The molecule has 0 aromatic heterocycles. The van der Waals surface area contributed by atoms with Gasteiger partial charge in [-0.2, -0.15) is 0 Å². The van der Waals surface area contributed by atoms with Crippen molar-refractivity contribution in [2.24, 2.45) is 0 Å². The Morgan fingerprint density at radius 2 is 1.21 bits per heavy atom. The van der Waals surface area contributed by atoms with E-state index in [9.17, 15) is 32.9 Å². The summed E-state index contributed by atoms with van der Waals surface area (Å²) in [6, 6.07) is -0.772. The lowest BCUT2D eigenvalue weighted by Gasteiger charge is -2.14. The van der Waals surface area contributed by atoms with Crippen molar-refractivity contribution in [1.82, 2.24) is 15.5 Å². The van der Waals surface area contributed by atoms with Crippen LogP contribution in [0.3, 0.4) is 0 Å². The van der Waals surface area contributed by atoms with Crippen molar-refractivity contribution in [2.45, 2.75) is 134 Å². The molecule has 0 radical (unpaired) electrons. The van der Waals surface area contributed by atoms with E-state index in [-0.39, 0.29) is 43.0 Å². The third-order valence-electron chi connectivity index (χ3n) is 7.43. The van der Waals surface area contributed by atoms with Crippen molar-refractivity contribution in [3.63, 3.8) is 0 Å². The van der Waals surface area contributed by atoms with Crippen LogP contribution in [0.25, 0.3) is 0 Å². The Bertz CT molecular complexity index is 924. The van der Waals surface area contributed by atoms with E-state index in [1.165, 1.54) is 17.1 Å². The maximum Gasteiger partial charge on any atom is 0.359 e. The molecule has 11 nitrogen and oxygen atoms in total. The lowest BCUT2D eigenvalue weighted by molar-refractivity contribution is -0.137. The number of nitrogens with zero attached hydrogens (tertiary/aromatic N) is 1. The Kier molecular flexibility index (Phi) is 20.7. The van der Waals surface area contributed by atoms with E-state index in [0.29, 0.717) is 44.9 Å². The Morgan fingerprint density at radius 1 is 0.767 bits per heavy atom. The van der Waals surface area contributed by atoms with Crippen molar-refractivity contribution in [3.05, 3.63) is 12.2 Å². The maximum absolute atomic E-state index is 13.2. The largest absolute Gasteiger partial charge is 0.359 e. The van der Waals surface area contributed by atoms with Crippen LogP contribution >= 0.6 is 7.60 Å². The first-order valence-corrected chi connectivity index (χ1v) is 17.5. The second-order valence-corrected chi connectivity index (χ2v) is 13.0.